The van der Waals surface area contributed by atoms with E-state index in [0.29, 0.717) is 12.3 Å². The first-order chi connectivity index (χ1) is 8.75. The van der Waals surface area contributed by atoms with Gasteiger partial charge in [-0.2, -0.15) is 0 Å². The van der Waals surface area contributed by atoms with Gasteiger partial charge in [0, 0.05) is 5.56 Å². The molecule has 1 aliphatic carbocycles. The third-order valence-electron chi connectivity index (χ3n) is 3.31. The summed E-state index contributed by atoms with van der Waals surface area (Å²) in [6, 6.07) is 5.76. The monoisotopic (exact) mass is 246 g/mol. The molecule has 18 heavy (non-hydrogen) atoms. The second kappa shape index (κ2) is 4.42. The SMILES string of the molecule is Cc1nonc1COc1cccc2c1CCC2O. The minimum absolute atomic E-state index is 0.335. The van der Waals surface area contributed by atoms with Gasteiger partial charge in [-0.25, -0.2) is 4.63 Å². The van der Waals surface area contributed by atoms with Crippen LogP contribution in [0.5, 0.6) is 5.75 Å². The lowest BCUT2D eigenvalue weighted by Crippen LogP contribution is -2.00. The van der Waals surface area contributed by atoms with Crippen molar-refractivity contribution >= 4 is 0 Å². The van der Waals surface area contributed by atoms with E-state index in [0.717, 1.165) is 35.4 Å². The standard InChI is InChI=1S/C13H14N2O3/c1-8-11(15-18-14-8)7-17-13-4-2-3-9-10(13)5-6-12(9)16/h2-4,12,16H,5-7H2,1H3. The van der Waals surface area contributed by atoms with E-state index in [9.17, 15) is 5.11 Å². The van der Waals surface area contributed by atoms with E-state index in [-0.39, 0.29) is 6.10 Å². The van der Waals surface area contributed by atoms with Crippen molar-refractivity contribution in [3.8, 4) is 5.75 Å². The van der Waals surface area contributed by atoms with Gasteiger partial charge in [-0.05, 0) is 31.4 Å². The Morgan fingerprint density at radius 1 is 1.44 bits per heavy atom. The van der Waals surface area contributed by atoms with Crippen molar-refractivity contribution in [2.24, 2.45) is 0 Å². The van der Waals surface area contributed by atoms with Crippen LogP contribution in [0.3, 0.4) is 0 Å². The summed E-state index contributed by atoms with van der Waals surface area (Å²) in [6.07, 6.45) is 1.25. The van der Waals surface area contributed by atoms with Crippen LogP contribution in [0.15, 0.2) is 22.8 Å². The zero-order valence-corrected chi connectivity index (χ0v) is 10.1. The summed E-state index contributed by atoms with van der Waals surface area (Å²) in [7, 11) is 0. The molecule has 0 radical (unpaired) electrons. The Bertz CT molecular complexity index is 565. The van der Waals surface area contributed by atoms with Gasteiger partial charge in [0.05, 0.1) is 6.10 Å². The second-order valence-electron chi connectivity index (χ2n) is 4.46. The van der Waals surface area contributed by atoms with E-state index >= 15 is 0 Å². The number of hydrogen-bond acceptors (Lipinski definition) is 5. The van der Waals surface area contributed by atoms with E-state index in [4.69, 9.17) is 4.74 Å². The molecule has 94 valence electrons. The molecule has 1 aromatic heterocycles. The van der Waals surface area contributed by atoms with Crippen LogP contribution in [0.1, 0.15) is 35.0 Å². The highest BCUT2D eigenvalue weighted by Crippen LogP contribution is 2.36. The maximum atomic E-state index is 9.81. The van der Waals surface area contributed by atoms with Gasteiger partial charge in [0.25, 0.3) is 0 Å². The molecule has 0 aliphatic heterocycles. The number of aryl methyl sites for hydroxylation is 1. The van der Waals surface area contributed by atoms with Crippen LogP contribution < -0.4 is 4.74 Å². The quantitative estimate of drug-likeness (QED) is 0.896. The number of nitrogens with zero attached hydrogens (tertiary/aromatic N) is 2. The zero-order valence-electron chi connectivity index (χ0n) is 10.1. The first-order valence-corrected chi connectivity index (χ1v) is 5.96. The van der Waals surface area contributed by atoms with Crippen molar-refractivity contribution in [1.82, 2.24) is 10.3 Å². The number of aliphatic hydroxyl groups excluding tert-OH is 1. The van der Waals surface area contributed by atoms with Crippen LogP contribution in [0.25, 0.3) is 0 Å². The predicted octanol–water partition coefficient (Wildman–Crippen LogP) is 1.94. The van der Waals surface area contributed by atoms with Crippen molar-refractivity contribution in [1.29, 1.82) is 0 Å². The Hall–Kier alpha value is -1.88. The molecule has 3 rings (SSSR count). The smallest absolute Gasteiger partial charge is 0.145 e. The molecule has 1 heterocycles. The Morgan fingerprint density at radius 2 is 2.33 bits per heavy atom. The first-order valence-electron chi connectivity index (χ1n) is 5.96. The molecule has 1 atom stereocenters. The van der Waals surface area contributed by atoms with Crippen LogP contribution in [-0.2, 0) is 13.0 Å². The number of aromatic nitrogens is 2. The van der Waals surface area contributed by atoms with Crippen LogP contribution in [0, 0.1) is 6.92 Å². The van der Waals surface area contributed by atoms with Gasteiger partial charge in [-0.15, -0.1) is 0 Å². The van der Waals surface area contributed by atoms with Gasteiger partial charge in [0.1, 0.15) is 23.7 Å². The fourth-order valence-corrected chi connectivity index (χ4v) is 2.26. The van der Waals surface area contributed by atoms with Crippen molar-refractivity contribution in [3.05, 3.63) is 40.7 Å². The maximum absolute atomic E-state index is 9.81. The third-order valence-corrected chi connectivity index (χ3v) is 3.31. The summed E-state index contributed by atoms with van der Waals surface area (Å²) >= 11 is 0. The van der Waals surface area contributed by atoms with Gasteiger partial charge in [-0.1, -0.05) is 22.4 Å². The molecule has 1 N–H and O–H groups in total. The van der Waals surface area contributed by atoms with E-state index in [1.54, 1.807) is 0 Å². The molecule has 0 saturated heterocycles. The molecule has 1 aromatic carbocycles. The molecule has 5 heteroatoms. The Labute approximate surface area is 104 Å². The normalized spacial score (nSPS) is 17.8. The molecular formula is C13H14N2O3. The number of ether oxygens (including phenoxy) is 1. The lowest BCUT2D eigenvalue weighted by molar-refractivity contribution is 0.180. The van der Waals surface area contributed by atoms with Crippen LogP contribution in [-0.4, -0.2) is 15.4 Å². The fraction of sp³-hybridized carbons (Fsp3) is 0.385. The highest BCUT2D eigenvalue weighted by atomic mass is 16.6. The summed E-state index contributed by atoms with van der Waals surface area (Å²) in [5.41, 5.74) is 3.51. The highest BCUT2D eigenvalue weighted by Gasteiger charge is 2.23. The lowest BCUT2D eigenvalue weighted by atomic mass is 10.1. The first kappa shape index (κ1) is 11.2. The Balaban J connectivity index is 1.80. The molecule has 0 saturated carbocycles. The maximum Gasteiger partial charge on any atom is 0.145 e. The summed E-state index contributed by atoms with van der Waals surface area (Å²) < 4.78 is 10.4. The molecule has 1 aliphatic rings. The number of hydrogen-bond donors (Lipinski definition) is 1. The average Bonchev–Trinajstić information content (AvgIpc) is 2.95. The van der Waals surface area contributed by atoms with Crippen molar-refractivity contribution < 1.29 is 14.5 Å². The van der Waals surface area contributed by atoms with Crippen molar-refractivity contribution in [2.45, 2.75) is 32.5 Å². The third kappa shape index (κ3) is 1.86. The minimum atomic E-state index is -0.362. The molecular weight excluding hydrogens is 232 g/mol. The molecule has 1 unspecified atom stereocenters. The van der Waals surface area contributed by atoms with Gasteiger partial charge in [-0.3, -0.25) is 0 Å². The van der Waals surface area contributed by atoms with E-state index in [1.165, 1.54) is 0 Å². The number of aliphatic hydroxyl groups is 1. The number of benzene rings is 1. The molecule has 0 bridgehead atoms. The van der Waals surface area contributed by atoms with E-state index < -0.39 is 0 Å². The zero-order chi connectivity index (χ0) is 12.5. The Morgan fingerprint density at radius 3 is 3.11 bits per heavy atom. The minimum Gasteiger partial charge on any atom is -0.487 e. The molecule has 2 aromatic rings. The van der Waals surface area contributed by atoms with Crippen molar-refractivity contribution in [2.75, 3.05) is 0 Å². The number of rotatable bonds is 3. The Kier molecular flexibility index (Phi) is 2.76. The second-order valence-corrected chi connectivity index (χ2v) is 4.46. The largest absolute Gasteiger partial charge is 0.487 e. The number of fused-ring (bicyclic) bond motifs is 1. The van der Waals surface area contributed by atoms with E-state index in [1.807, 2.05) is 25.1 Å². The van der Waals surface area contributed by atoms with E-state index in [2.05, 4.69) is 14.9 Å². The van der Waals surface area contributed by atoms with Gasteiger partial charge in [0.15, 0.2) is 0 Å². The molecule has 0 fully saturated rings. The highest BCUT2D eigenvalue weighted by molar-refractivity contribution is 5.44. The summed E-state index contributed by atoms with van der Waals surface area (Å²) in [4.78, 5) is 0. The summed E-state index contributed by atoms with van der Waals surface area (Å²) in [5, 5.41) is 17.3. The lowest BCUT2D eigenvalue weighted by Gasteiger charge is -2.10. The molecule has 0 amide bonds. The van der Waals surface area contributed by atoms with Gasteiger partial charge >= 0.3 is 0 Å². The predicted molar refractivity (Wildman–Crippen MR) is 63.1 cm³/mol. The summed E-state index contributed by atoms with van der Waals surface area (Å²) in [6.45, 7) is 2.16. The summed E-state index contributed by atoms with van der Waals surface area (Å²) in [5.74, 6) is 0.812. The fourth-order valence-electron chi connectivity index (χ4n) is 2.26. The average molecular weight is 246 g/mol. The van der Waals surface area contributed by atoms with Gasteiger partial charge < -0.3 is 9.84 Å². The van der Waals surface area contributed by atoms with Crippen LogP contribution in [0.2, 0.25) is 0 Å². The van der Waals surface area contributed by atoms with Crippen LogP contribution >= 0.6 is 0 Å². The van der Waals surface area contributed by atoms with Gasteiger partial charge in [0.2, 0.25) is 0 Å². The topological polar surface area (TPSA) is 68.4 Å². The van der Waals surface area contributed by atoms with Crippen LogP contribution in [0.4, 0.5) is 0 Å². The van der Waals surface area contributed by atoms with Crippen molar-refractivity contribution in [3.63, 3.8) is 0 Å². The molecule has 5 nitrogen and oxygen atoms in total. The molecule has 0 spiro atoms.